The van der Waals surface area contributed by atoms with E-state index in [1.807, 2.05) is 6.92 Å². The first-order chi connectivity index (χ1) is 8.31. The molecule has 3 heteroatoms. The summed E-state index contributed by atoms with van der Waals surface area (Å²) in [6.45, 7) is 19.7. The number of esters is 1. The monoisotopic (exact) mass is 269 g/mol. The lowest BCUT2D eigenvalue weighted by atomic mass is 9.49. The first kappa shape index (κ1) is 16.5. The molecule has 1 saturated heterocycles. The Labute approximate surface area is 118 Å². The molecule has 0 radical (unpaired) electrons. The highest BCUT2D eigenvalue weighted by Gasteiger charge is 2.63. The molecule has 19 heavy (non-hydrogen) atoms. The Morgan fingerprint density at radius 3 is 1.63 bits per heavy atom. The molecule has 1 heterocycles. The lowest BCUT2D eigenvalue weighted by molar-refractivity contribution is -0.178. The Morgan fingerprint density at radius 1 is 0.947 bits per heavy atom. The zero-order valence-electron chi connectivity index (χ0n) is 14.1. The number of hydrogen-bond acceptors (Lipinski definition) is 3. The zero-order valence-corrected chi connectivity index (χ0v) is 14.1. The second kappa shape index (κ2) is 4.47. The van der Waals surface area contributed by atoms with Crippen molar-refractivity contribution in [1.29, 1.82) is 0 Å². The molecule has 0 aromatic rings. The van der Waals surface area contributed by atoms with Gasteiger partial charge in [-0.15, -0.1) is 0 Å². The summed E-state index contributed by atoms with van der Waals surface area (Å²) in [7, 11) is 0. The van der Waals surface area contributed by atoms with Crippen molar-refractivity contribution < 1.29 is 9.53 Å². The normalized spacial score (nSPS) is 27.8. The van der Waals surface area contributed by atoms with Crippen LogP contribution in [-0.4, -0.2) is 23.7 Å². The highest BCUT2D eigenvalue weighted by Crippen LogP contribution is 2.56. The minimum atomic E-state index is -0.182. The maximum Gasteiger partial charge on any atom is 0.310 e. The van der Waals surface area contributed by atoms with E-state index < -0.39 is 0 Å². The largest absolute Gasteiger partial charge is 0.466 e. The van der Waals surface area contributed by atoms with E-state index in [0.29, 0.717) is 6.61 Å². The van der Waals surface area contributed by atoms with Crippen molar-refractivity contribution in [3.63, 3.8) is 0 Å². The number of carbonyl (C=O) groups is 1. The van der Waals surface area contributed by atoms with Crippen LogP contribution in [0.15, 0.2) is 0 Å². The van der Waals surface area contributed by atoms with Crippen molar-refractivity contribution in [3.05, 3.63) is 0 Å². The van der Waals surface area contributed by atoms with E-state index in [1.54, 1.807) is 0 Å². The second-order valence-electron chi connectivity index (χ2n) is 8.00. The summed E-state index contributed by atoms with van der Waals surface area (Å²) in [6, 6.07) is 0. The van der Waals surface area contributed by atoms with Crippen molar-refractivity contribution in [2.45, 2.75) is 73.4 Å². The van der Waals surface area contributed by atoms with Crippen molar-refractivity contribution >= 4 is 5.97 Å². The molecule has 1 aliphatic heterocycles. The fraction of sp³-hybridized carbons (Fsp3) is 0.938. The lowest BCUT2D eigenvalue weighted by Crippen LogP contribution is -2.75. The number of nitrogens with one attached hydrogen (secondary N) is 1. The Morgan fingerprint density at radius 2 is 1.32 bits per heavy atom. The van der Waals surface area contributed by atoms with Crippen LogP contribution in [0.3, 0.4) is 0 Å². The maximum absolute atomic E-state index is 12.6. The molecule has 3 nitrogen and oxygen atoms in total. The first-order valence-corrected chi connectivity index (χ1v) is 7.27. The van der Waals surface area contributed by atoms with Gasteiger partial charge in [-0.3, -0.25) is 4.79 Å². The van der Waals surface area contributed by atoms with Gasteiger partial charge in [0.2, 0.25) is 0 Å². The van der Waals surface area contributed by atoms with Crippen molar-refractivity contribution in [1.82, 2.24) is 5.32 Å². The summed E-state index contributed by atoms with van der Waals surface area (Å²) in [5.41, 5.74) is -0.635. The molecule has 0 atom stereocenters. The van der Waals surface area contributed by atoms with E-state index in [2.05, 4.69) is 60.7 Å². The molecule has 0 aromatic heterocycles. The van der Waals surface area contributed by atoms with Crippen LogP contribution in [0.4, 0.5) is 0 Å². The molecule has 1 rings (SSSR count). The summed E-state index contributed by atoms with van der Waals surface area (Å²) in [5.74, 6) is -0.202. The van der Waals surface area contributed by atoms with Gasteiger partial charge in [0.1, 0.15) is 0 Å². The highest BCUT2D eigenvalue weighted by molar-refractivity contribution is 5.75. The summed E-state index contributed by atoms with van der Waals surface area (Å²) in [5, 5.41) is 3.73. The van der Waals surface area contributed by atoms with E-state index in [4.69, 9.17) is 4.74 Å². The van der Waals surface area contributed by atoms with Crippen LogP contribution >= 0.6 is 0 Å². The van der Waals surface area contributed by atoms with Crippen molar-refractivity contribution in [2.75, 3.05) is 6.61 Å². The average Bonchev–Trinajstić information content (AvgIpc) is 2.12. The lowest BCUT2D eigenvalue weighted by Gasteiger charge is -2.64. The Hall–Kier alpha value is -0.570. The van der Waals surface area contributed by atoms with E-state index in [1.165, 1.54) is 0 Å². The van der Waals surface area contributed by atoms with Gasteiger partial charge in [-0.05, 0) is 45.4 Å². The molecule has 0 saturated carbocycles. The van der Waals surface area contributed by atoms with Gasteiger partial charge in [0.05, 0.1) is 12.5 Å². The second-order valence-corrected chi connectivity index (χ2v) is 8.00. The van der Waals surface area contributed by atoms with Crippen LogP contribution in [0.2, 0.25) is 0 Å². The van der Waals surface area contributed by atoms with Gasteiger partial charge in [-0.1, -0.05) is 27.7 Å². The summed E-state index contributed by atoms with van der Waals surface area (Å²) in [4.78, 5) is 12.6. The Balaban J connectivity index is 3.37. The summed E-state index contributed by atoms with van der Waals surface area (Å²) in [6.07, 6.45) is 0. The van der Waals surface area contributed by atoms with Crippen molar-refractivity contribution in [3.8, 4) is 0 Å². The summed E-state index contributed by atoms with van der Waals surface area (Å²) >= 11 is 0. The minimum absolute atomic E-state index is 0.0693. The third-order valence-electron chi connectivity index (χ3n) is 5.81. The molecular weight excluding hydrogens is 238 g/mol. The standard InChI is InChI=1S/C16H31NO2/c1-10-19-12(18)11-13(2,3)15(6,7)17-16(8,9)14(11,4)5/h11,17H,10H2,1-9H3. The molecule has 0 aliphatic carbocycles. The fourth-order valence-electron chi connectivity index (χ4n) is 3.54. The van der Waals surface area contributed by atoms with E-state index in [0.717, 1.165) is 0 Å². The van der Waals surface area contributed by atoms with Crippen LogP contribution in [0, 0.1) is 16.7 Å². The third kappa shape index (κ3) is 2.31. The van der Waals surface area contributed by atoms with Gasteiger partial charge < -0.3 is 10.1 Å². The number of piperidine rings is 1. The van der Waals surface area contributed by atoms with E-state index >= 15 is 0 Å². The van der Waals surface area contributed by atoms with Gasteiger partial charge in [-0.25, -0.2) is 0 Å². The predicted octanol–water partition coefficient (Wildman–Crippen LogP) is 3.38. The molecule has 0 spiro atoms. The van der Waals surface area contributed by atoms with Crippen LogP contribution in [0.25, 0.3) is 0 Å². The van der Waals surface area contributed by atoms with Crippen molar-refractivity contribution in [2.24, 2.45) is 16.7 Å². The minimum Gasteiger partial charge on any atom is -0.466 e. The fourth-order valence-corrected chi connectivity index (χ4v) is 3.54. The van der Waals surface area contributed by atoms with Crippen LogP contribution < -0.4 is 5.32 Å². The van der Waals surface area contributed by atoms with Gasteiger partial charge in [-0.2, -0.15) is 0 Å². The van der Waals surface area contributed by atoms with E-state index in [-0.39, 0.29) is 33.8 Å². The predicted molar refractivity (Wildman–Crippen MR) is 79.0 cm³/mol. The molecule has 0 amide bonds. The number of ether oxygens (including phenoxy) is 1. The Kier molecular flexibility index (Phi) is 3.88. The number of rotatable bonds is 2. The SMILES string of the molecule is CCOC(=O)C1C(C)(C)C(C)(C)NC(C)(C)C1(C)C. The molecule has 0 bridgehead atoms. The smallest absolute Gasteiger partial charge is 0.310 e. The van der Waals surface area contributed by atoms with Crippen LogP contribution in [-0.2, 0) is 9.53 Å². The molecule has 1 N–H and O–H groups in total. The van der Waals surface area contributed by atoms with Gasteiger partial charge in [0, 0.05) is 11.1 Å². The van der Waals surface area contributed by atoms with Gasteiger partial charge in [0.15, 0.2) is 0 Å². The van der Waals surface area contributed by atoms with Crippen LogP contribution in [0.5, 0.6) is 0 Å². The average molecular weight is 269 g/mol. The Bertz CT molecular complexity index is 341. The van der Waals surface area contributed by atoms with E-state index in [9.17, 15) is 4.79 Å². The van der Waals surface area contributed by atoms with Crippen LogP contribution in [0.1, 0.15) is 62.3 Å². The quantitative estimate of drug-likeness (QED) is 0.781. The molecule has 0 aromatic carbocycles. The molecule has 0 unspecified atom stereocenters. The summed E-state index contributed by atoms with van der Waals surface area (Å²) < 4.78 is 5.37. The first-order valence-electron chi connectivity index (χ1n) is 7.27. The molecular formula is C16H31NO2. The maximum atomic E-state index is 12.6. The number of carbonyl (C=O) groups excluding carboxylic acids is 1. The topological polar surface area (TPSA) is 38.3 Å². The molecule has 1 aliphatic rings. The third-order valence-corrected chi connectivity index (χ3v) is 5.81. The van der Waals surface area contributed by atoms with Gasteiger partial charge >= 0.3 is 5.97 Å². The highest BCUT2D eigenvalue weighted by atomic mass is 16.5. The van der Waals surface area contributed by atoms with Gasteiger partial charge in [0.25, 0.3) is 0 Å². The zero-order chi connectivity index (χ0) is 15.3. The number of hydrogen-bond donors (Lipinski definition) is 1. The molecule has 1 fully saturated rings. The molecule has 112 valence electrons.